The molecule has 1 aliphatic carbocycles. The van der Waals surface area contributed by atoms with Gasteiger partial charge in [0, 0.05) is 23.0 Å². The van der Waals surface area contributed by atoms with Crippen molar-refractivity contribution >= 4 is 33.4 Å². The van der Waals surface area contributed by atoms with Crippen LogP contribution >= 0.6 is 27.5 Å². The first-order chi connectivity index (χ1) is 14.5. The minimum absolute atomic E-state index is 0.212. The molecule has 30 heavy (non-hydrogen) atoms. The Labute approximate surface area is 188 Å². The van der Waals surface area contributed by atoms with Gasteiger partial charge in [0.1, 0.15) is 16.6 Å². The summed E-state index contributed by atoms with van der Waals surface area (Å²) in [6, 6.07) is 11.1. The average molecular weight is 494 g/mol. The van der Waals surface area contributed by atoms with Crippen molar-refractivity contribution in [3.8, 4) is 5.75 Å². The van der Waals surface area contributed by atoms with Crippen molar-refractivity contribution in [2.75, 3.05) is 20.3 Å². The number of pyridine rings is 1. The number of ether oxygens (including phenoxy) is 3. The summed E-state index contributed by atoms with van der Waals surface area (Å²) in [5.41, 5.74) is 2.19. The van der Waals surface area contributed by atoms with Crippen molar-refractivity contribution in [2.24, 2.45) is 0 Å². The number of carbonyl (C=O) groups excluding carboxylic acids is 1. The Hall–Kier alpha value is -1.93. The molecule has 0 bridgehead atoms. The van der Waals surface area contributed by atoms with Crippen LogP contribution in [0.3, 0.4) is 0 Å². The van der Waals surface area contributed by atoms with Crippen molar-refractivity contribution in [3.63, 3.8) is 0 Å². The number of halogens is 2. The van der Waals surface area contributed by atoms with Gasteiger partial charge in [-0.05, 0) is 52.2 Å². The first-order valence-corrected chi connectivity index (χ1v) is 10.9. The van der Waals surface area contributed by atoms with Crippen LogP contribution in [0.15, 0.2) is 52.6 Å². The van der Waals surface area contributed by atoms with Crippen LogP contribution in [0.2, 0.25) is 5.15 Å². The fourth-order valence-electron chi connectivity index (χ4n) is 3.71. The van der Waals surface area contributed by atoms with E-state index in [0.717, 1.165) is 17.0 Å². The standard InChI is InChI=1S/C22H22BrClN2O4/c1-28-17-4-2-15(3-5-17)14-26(21(27)20-18(23)6-7-19(24)25-20)16-8-10-22(11-9-16)29-12-13-30-22/h2-8H,9-14H2,1H3. The van der Waals surface area contributed by atoms with Crippen molar-refractivity contribution in [1.29, 1.82) is 0 Å². The van der Waals surface area contributed by atoms with Crippen LogP contribution < -0.4 is 4.74 Å². The number of benzene rings is 1. The lowest BCUT2D eigenvalue weighted by molar-refractivity contribution is -0.162. The van der Waals surface area contributed by atoms with Gasteiger partial charge < -0.3 is 19.1 Å². The Morgan fingerprint density at radius 3 is 2.60 bits per heavy atom. The molecular formula is C22H22BrClN2O4. The monoisotopic (exact) mass is 492 g/mol. The highest BCUT2D eigenvalue weighted by molar-refractivity contribution is 9.10. The number of rotatable bonds is 5. The SMILES string of the molecule is COc1ccc(CN(C(=O)c2nc(Cl)ccc2Br)C2=CCC3(CC2)OCCO3)cc1. The van der Waals surface area contributed by atoms with E-state index in [1.807, 2.05) is 30.3 Å². The molecule has 1 aromatic carbocycles. The summed E-state index contributed by atoms with van der Waals surface area (Å²) in [6.07, 6.45) is 4.02. The maximum Gasteiger partial charge on any atom is 0.278 e. The van der Waals surface area contributed by atoms with Crippen molar-refractivity contribution in [3.05, 3.63) is 69.1 Å². The second-order valence-corrected chi connectivity index (χ2v) is 8.45. The third-order valence-electron chi connectivity index (χ3n) is 5.33. The predicted octanol–water partition coefficient (Wildman–Crippen LogP) is 4.96. The quantitative estimate of drug-likeness (QED) is 0.551. The van der Waals surface area contributed by atoms with E-state index in [0.29, 0.717) is 43.5 Å². The van der Waals surface area contributed by atoms with Crippen molar-refractivity contribution < 1.29 is 19.0 Å². The number of carbonyl (C=O) groups is 1. The second kappa shape index (κ2) is 9.06. The van der Waals surface area contributed by atoms with Gasteiger partial charge in [0.25, 0.3) is 5.91 Å². The molecule has 1 aromatic heterocycles. The molecule has 1 saturated heterocycles. The van der Waals surface area contributed by atoms with Gasteiger partial charge >= 0.3 is 0 Å². The topological polar surface area (TPSA) is 60.9 Å². The van der Waals surface area contributed by atoms with Crippen LogP contribution in [0.1, 0.15) is 35.3 Å². The van der Waals surface area contributed by atoms with E-state index >= 15 is 0 Å². The molecule has 2 aromatic rings. The molecule has 2 heterocycles. The van der Waals surface area contributed by atoms with Gasteiger partial charge in [0.2, 0.25) is 0 Å². The Balaban J connectivity index is 1.64. The van der Waals surface area contributed by atoms with Gasteiger partial charge in [-0.3, -0.25) is 4.79 Å². The lowest BCUT2D eigenvalue weighted by atomic mass is 9.96. The molecule has 0 N–H and O–H groups in total. The largest absolute Gasteiger partial charge is 0.497 e. The van der Waals surface area contributed by atoms with Crippen LogP contribution in [0.4, 0.5) is 0 Å². The first-order valence-electron chi connectivity index (χ1n) is 9.73. The molecule has 4 rings (SSSR count). The molecule has 2 aliphatic rings. The highest BCUT2D eigenvalue weighted by Crippen LogP contribution is 2.37. The van der Waals surface area contributed by atoms with Gasteiger partial charge in [0.05, 0.1) is 26.9 Å². The minimum Gasteiger partial charge on any atom is -0.497 e. The summed E-state index contributed by atoms with van der Waals surface area (Å²) in [4.78, 5) is 19.5. The lowest BCUT2D eigenvalue weighted by Crippen LogP contribution is -2.37. The number of nitrogens with zero attached hydrogens (tertiary/aromatic N) is 2. The zero-order valence-corrected chi connectivity index (χ0v) is 18.9. The number of hydrogen-bond donors (Lipinski definition) is 0. The van der Waals surface area contributed by atoms with Crippen LogP contribution in [-0.4, -0.2) is 41.9 Å². The summed E-state index contributed by atoms with van der Waals surface area (Å²) in [6.45, 7) is 1.62. The van der Waals surface area contributed by atoms with Crippen LogP contribution in [0.5, 0.6) is 5.75 Å². The van der Waals surface area contributed by atoms with Gasteiger partial charge in [-0.25, -0.2) is 4.98 Å². The van der Waals surface area contributed by atoms with E-state index in [4.69, 9.17) is 25.8 Å². The summed E-state index contributed by atoms with van der Waals surface area (Å²) >= 11 is 9.49. The molecule has 0 radical (unpaired) electrons. The van der Waals surface area contributed by atoms with E-state index < -0.39 is 5.79 Å². The maximum atomic E-state index is 13.5. The van der Waals surface area contributed by atoms with E-state index in [-0.39, 0.29) is 16.8 Å². The summed E-state index contributed by atoms with van der Waals surface area (Å²) in [5, 5.41) is 0.273. The molecule has 6 nitrogen and oxygen atoms in total. The molecule has 158 valence electrons. The molecular weight excluding hydrogens is 472 g/mol. The van der Waals surface area contributed by atoms with Gasteiger partial charge in [-0.1, -0.05) is 29.8 Å². The fourth-order valence-corrected chi connectivity index (χ4v) is 4.25. The van der Waals surface area contributed by atoms with Crippen molar-refractivity contribution in [1.82, 2.24) is 9.88 Å². The zero-order chi connectivity index (χ0) is 21.1. The lowest BCUT2D eigenvalue weighted by Gasteiger charge is -2.34. The normalized spacial score (nSPS) is 17.6. The zero-order valence-electron chi connectivity index (χ0n) is 16.6. The van der Waals surface area contributed by atoms with Crippen LogP contribution in [0, 0.1) is 0 Å². The minimum atomic E-state index is -0.548. The number of hydrogen-bond acceptors (Lipinski definition) is 5. The predicted molar refractivity (Wildman–Crippen MR) is 116 cm³/mol. The third kappa shape index (κ3) is 4.54. The van der Waals surface area contributed by atoms with Crippen molar-refractivity contribution in [2.45, 2.75) is 31.6 Å². The smallest absolute Gasteiger partial charge is 0.278 e. The molecule has 1 spiro atoms. The summed E-state index contributed by atoms with van der Waals surface area (Å²) in [7, 11) is 1.63. The van der Waals surface area contributed by atoms with Crippen LogP contribution in [0.25, 0.3) is 0 Å². The van der Waals surface area contributed by atoms with E-state index in [9.17, 15) is 4.79 Å². The molecule has 0 unspecified atom stereocenters. The molecule has 1 fully saturated rings. The Kier molecular flexibility index (Phi) is 6.43. The van der Waals surface area contributed by atoms with Gasteiger partial charge in [-0.2, -0.15) is 0 Å². The van der Waals surface area contributed by atoms with Gasteiger partial charge in [-0.15, -0.1) is 0 Å². The number of methoxy groups -OCH3 is 1. The maximum absolute atomic E-state index is 13.5. The fraction of sp³-hybridized carbons (Fsp3) is 0.364. The Morgan fingerprint density at radius 2 is 1.97 bits per heavy atom. The Morgan fingerprint density at radius 1 is 1.23 bits per heavy atom. The van der Waals surface area contributed by atoms with Gasteiger partial charge in [0.15, 0.2) is 5.79 Å². The third-order valence-corrected chi connectivity index (χ3v) is 6.18. The molecule has 1 amide bonds. The molecule has 1 aliphatic heterocycles. The van der Waals surface area contributed by atoms with E-state index in [2.05, 4.69) is 20.9 Å². The van der Waals surface area contributed by atoms with E-state index in [1.54, 1.807) is 24.1 Å². The highest BCUT2D eigenvalue weighted by Gasteiger charge is 2.39. The number of amides is 1. The Bertz CT molecular complexity index is 958. The second-order valence-electron chi connectivity index (χ2n) is 7.21. The molecule has 0 saturated carbocycles. The molecule has 8 heteroatoms. The molecule has 0 atom stereocenters. The first kappa shape index (κ1) is 21.3. The highest BCUT2D eigenvalue weighted by atomic mass is 79.9. The summed E-state index contributed by atoms with van der Waals surface area (Å²) < 4.78 is 17.5. The number of aromatic nitrogens is 1. The number of allylic oxidation sites excluding steroid dienone is 1. The van der Waals surface area contributed by atoms with E-state index in [1.165, 1.54) is 0 Å². The average Bonchev–Trinajstić information content (AvgIpc) is 3.22. The summed E-state index contributed by atoms with van der Waals surface area (Å²) in [5.74, 6) is 0.00798. The van der Waals surface area contributed by atoms with Crippen LogP contribution in [-0.2, 0) is 16.0 Å².